The molecule has 0 bridgehead atoms. The zero-order valence-electron chi connectivity index (χ0n) is 18.4. The highest BCUT2D eigenvalue weighted by atomic mass is 35.5. The molecule has 8 nitrogen and oxygen atoms in total. The highest BCUT2D eigenvalue weighted by Crippen LogP contribution is 2.54. The van der Waals surface area contributed by atoms with Crippen molar-refractivity contribution in [2.75, 3.05) is 12.4 Å². The maximum Gasteiger partial charge on any atom is 0.250 e. The summed E-state index contributed by atoms with van der Waals surface area (Å²) in [5.74, 6) is -2.63. The highest BCUT2D eigenvalue weighted by Gasteiger charge is 2.71. The first-order valence-electron chi connectivity index (χ1n) is 10.8. The van der Waals surface area contributed by atoms with Gasteiger partial charge in [0.15, 0.2) is 0 Å². The third kappa shape index (κ3) is 2.87. The second-order valence-corrected chi connectivity index (χ2v) is 9.25. The van der Waals surface area contributed by atoms with E-state index >= 15 is 0 Å². The third-order valence-electron chi connectivity index (χ3n) is 7.15. The predicted octanol–water partition coefficient (Wildman–Crippen LogP) is 1.96. The molecule has 3 heterocycles. The van der Waals surface area contributed by atoms with Crippen LogP contribution in [0.1, 0.15) is 23.6 Å². The van der Waals surface area contributed by atoms with Crippen molar-refractivity contribution in [3.63, 3.8) is 0 Å². The van der Waals surface area contributed by atoms with E-state index in [9.17, 15) is 19.5 Å². The minimum atomic E-state index is -1.47. The standard InChI is InChI=1S/C24H24ClN3O5/c1-11-15(25)9-8-14-19(11)26-23(32)24(14)18-17(20(27-24)12(2)29)21(30)28(22(18)31)10-13-6-4-5-7-16(13)33-3/h4-9,12,17-18,20,27,29H,10H2,1-3H3,(H,26,32)/t12-,17+,18+,20+,24+/m1/s1. The van der Waals surface area contributed by atoms with Crippen LogP contribution in [0.25, 0.3) is 0 Å². The van der Waals surface area contributed by atoms with Crippen molar-refractivity contribution in [1.82, 2.24) is 10.2 Å². The largest absolute Gasteiger partial charge is 0.496 e. The number of benzene rings is 2. The zero-order valence-corrected chi connectivity index (χ0v) is 19.1. The molecule has 9 heteroatoms. The van der Waals surface area contributed by atoms with E-state index in [4.69, 9.17) is 16.3 Å². The van der Waals surface area contributed by atoms with E-state index in [-0.39, 0.29) is 6.54 Å². The molecule has 2 aromatic carbocycles. The predicted molar refractivity (Wildman–Crippen MR) is 121 cm³/mol. The van der Waals surface area contributed by atoms with Gasteiger partial charge in [-0.15, -0.1) is 0 Å². The Hall–Kier alpha value is -2.94. The molecule has 3 aliphatic rings. The highest BCUT2D eigenvalue weighted by molar-refractivity contribution is 6.32. The summed E-state index contributed by atoms with van der Waals surface area (Å²) in [6, 6.07) is 9.77. The van der Waals surface area contributed by atoms with Gasteiger partial charge in [-0.05, 0) is 31.5 Å². The summed E-state index contributed by atoms with van der Waals surface area (Å²) >= 11 is 6.27. The minimum absolute atomic E-state index is 0.0193. The summed E-state index contributed by atoms with van der Waals surface area (Å²) in [5.41, 5.74) is 0.984. The average molecular weight is 470 g/mol. The Kier molecular flexibility index (Phi) is 5.00. The molecule has 0 aliphatic carbocycles. The van der Waals surface area contributed by atoms with Gasteiger partial charge in [0.25, 0.3) is 0 Å². The van der Waals surface area contributed by atoms with Gasteiger partial charge in [-0.1, -0.05) is 35.9 Å². The van der Waals surface area contributed by atoms with E-state index in [2.05, 4.69) is 10.6 Å². The Morgan fingerprint density at radius 1 is 1.18 bits per heavy atom. The lowest BCUT2D eigenvalue weighted by Crippen LogP contribution is -2.54. The molecule has 33 heavy (non-hydrogen) atoms. The van der Waals surface area contributed by atoms with Crippen molar-refractivity contribution >= 4 is 35.0 Å². The van der Waals surface area contributed by atoms with E-state index in [1.807, 2.05) is 0 Å². The maximum atomic E-state index is 13.8. The molecule has 3 aliphatic heterocycles. The molecule has 5 rings (SSSR count). The molecule has 0 radical (unpaired) electrons. The number of rotatable bonds is 4. The monoisotopic (exact) mass is 469 g/mol. The van der Waals surface area contributed by atoms with Gasteiger partial charge in [0.1, 0.15) is 11.3 Å². The molecule has 1 spiro atoms. The van der Waals surface area contributed by atoms with Crippen LogP contribution in [0.5, 0.6) is 5.75 Å². The Morgan fingerprint density at radius 2 is 1.91 bits per heavy atom. The molecule has 3 amide bonds. The topological polar surface area (TPSA) is 108 Å². The molecule has 0 saturated carbocycles. The van der Waals surface area contributed by atoms with Crippen LogP contribution in [0.3, 0.4) is 0 Å². The van der Waals surface area contributed by atoms with Gasteiger partial charge < -0.3 is 15.2 Å². The fourth-order valence-corrected chi connectivity index (χ4v) is 5.71. The van der Waals surface area contributed by atoms with Crippen molar-refractivity contribution in [2.45, 2.75) is 38.1 Å². The summed E-state index contributed by atoms with van der Waals surface area (Å²) in [5, 5.41) is 17.1. The molecule has 0 unspecified atom stereocenters. The number of amides is 3. The number of aliphatic hydroxyl groups excluding tert-OH is 1. The fourth-order valence-electron chi connectivity index (χ4n) is 5.55. The fraction of sp³-hybridized carbons (Fsp3) is 0.375. The molecule has 3 N–H and O–H groups in total. The number of carbonyl (C=O) groups is 3. The van der Waals surface area contributed by atoms with E-state index in [0.29, 0.717) is 33.1 Å². The number of hydrogen-bond donors (Lipinski definition) is 3. The van der Waals surface area contributed by atoms with Crippen LogP contribution in [-0.4, -0.2) is 47.0 Å². The Balaban J connectivity index is 1.63. The van der Waals surface area contributed by atoms with Gasteiger partial charge in [0.05, 0.1) is 37.3 Å². The summed E-state index contributed by atoms with van der Waals surface area (Å²) in [6.07, 6.45) is -0.968. The Bertz CT molecular complexity index is 1200. The normalized spacial score (nSPS) is 28.8. The number of nitrogens with one attached hydrogen (secondary N) is 2. The number of anilines is 1. The summed E-state index contributed by atoms with van der Waals surface area (Å²) in [7, 11) is 1.52. The smallest absolute Gasteiger partial charge is 0.250 e. The van der Waals surface area contributed by atoms with Gasteiger partial charge in [-0.3, -0.25) is 24.6 Å². The lowest BCUT2D eigenvalue weighted by atomic mass is 9.76. The minimum Gasteiger partial charge on any atom is -0.496 e. The van der Waals surface area contributed by atoms with Crippen LogP contribution in [0, 0.1) is 18.8 Å². The number of nitrogens with zero attached hydrogens (tertiary/aromatic N) is 1. The zero-order chi connectivity index (χ0) is 23.7. The molecule has 172 valence electrons. The molecular weight excluding hydrogens is 446 g/mol. The lowest BCUT2D eigenvalue weighted by Gasteiger charge is -2.30. The van der Waals surface area contributed by atoms with Gasteiger partial charge in [0, 0.05) is 22.2 Å². The van der Waals surface area contributed by atoms with Crippen LogP contribution in [0.4, 0.5) is 5.69 Å². The van der Waals surface area contributed by atoms with Gasteiger partial charge in [0.2, 0.25) is 17.7 Å². The summed E-state index contributed by atoms with van der Waals surface area (Å²) < 4.78 is 5.38. The van der Waals surface area contributed by atoms with Crippen LogP contribution in [0.15, 0.2) is 36.4 Å². The summed E-state index contributed by atoms with van der Waals surface area (Å²) in [4.78, 5) is 42.0. The third-order valence-corrected chi connectivity index (χ3v) is 7.56. The molecule has 0 aromatic heterocycles. The lowest BCUT2D eigenvalue weighted by molar-refractivity contribution is -0.143. The number of carbonyl (C=O) groups excluding carboxylic acids is 3. The quantitative estimate of drug-likeness (QED) is 0.591. The average Bonchev–Trinajstić information content (AvgIpc) is 3.38. The number of methoxy groups -OCH3 is 1. The van der Waals surface area contributed by atoms with E-state index < -0.39 is 47.2 Å². The van der Waals surface area contributed by atoms with Crippen LogP contribution < -0.4 is 15.4 Å². The van der Waals surface area contributed by atoms with Crippen molar-refractivity contribution in [1.29, 1.82) is 0 Å². The summed E-state index contributed by atoms with van der Waals surface area (Å²) in [6.45, 7) is 3.36. The second kappa shape index (κ2) is 7.55. The van der Waals surface area contributed by atoms with Crippen LogP contribution in [-0.2, 0) is 26.5 Å². The van der Waals surface area contributed by atoms with Gasteiger partial charge >= 0.3 is 0 Å². The number of hydrogen-bond acceptors (Lipinski definition) is 6. The SMILES string of the molecule is COc1ccccc1CN1C(=O)[C@@H]2[C@H]([C@@H](C)O)N[C@]3(C(=O)Nc4c3ccc(Cl)c4C)[C@@H]2C1=O. The molecule has 2 fully saturated rings. The molecule has 5 atom stereocenters. The van der Waals surface area contributed by atoms with Gasteiger partial charge in [-0.25, -0.2) is 0 Å². The van der Waals surface area contributed by atoms with E-state index in [0.717, 1.165) is 0 Å². The number of halogens is 1. The first-order valence-corrected chi connectivity index (χ1v) is 11.1. The van der Waals surface area contributed by atoms with E-state index in [1.165, 1.54) is 12.0 Å². The molecule has 2 saturated heterocycles. The molecular formula is C24H24ClN3O5. The number of para-hydroxylation sites is 1. The van der Waals surface area contributed by atoms with Crippen molar-refractivity contribution in [2.24, 2.45) is 11.8 Å². The number of imide groups is 1. The van der Waals surface area contributed by atoms with Crippen molar-refractivity contribution in [3.8, 4) is 5.75 Å². The number of likely N-dealkylation sites (tertiary alicyclic amines) is 1. The number of aliphatic hydroxyl groups is 1. The van der Waals surface area contributed by atoms with Crippen LogP contribution in [0.2, 0.25) is 5.02 Å². The van der Waals surface area contributed by atoms with Crippen LogP contribution >= 0.6 is 11.6 Å². The van der Waals surface area contributed by atoms with Gasteiger partial charge in [-0.2, -0.15) is 0 Å². The number of ether oxygens (including phenoxy) is 1. The Labute approximate surface area is 195 Å². The number of fused-ring (bicyclic) bond motifs is 4. The first kappa shape index (κ1) is 21.9. The Morgan fingerprint density at radius 3 is 2.61 bits per heavy atom. The van der Waals surface area contributed by atoms with Crippen molar-refractivity contribution in [3.05, 3.63) is 58.1 Å². The second-order valence-electron chi connectivity index (χ2n) is 8.85. The van der Waals surface area contributed by atoms with E-state index in [1.54, 1.807) is 50.2 Å². The molecule has 2 aromatic rings. The maximum absolute atomic E-state index is 13.8. The van der Waals surface area contributed by atoms with Crippen molar-refractivity contribution < 1.29 is 24.2 Å². The first-order chi connectivity index (χ1) is 15.7.